The molecule has 0 aromatic carbocycles. The van der Waals surface area contributed by atoms with E-state index in [0.717, 1.165) is 38.8 Å². The molecule has 0 saturated carbocycles. The maximum atomic E-state index is 5.34. The first-order valence-corrected chi connectivity index (χ1v) is 8.15. The molecule has 0 aromatic heterocycles. The van der Waals surface area contributed by atoms with Crippen molar-refractivity contribution in [3.05, 3.63) is 0 Å². The van der Waals surface area contributed by atoms with Crippen LogP contribution in [0.25, 0.3) is 0 Å². The highest BCUT2D eigenvalue weighted by atomic mass is 16.5. The Balaban J connectivity index is 2.38. The van der Waals surface area contributed by atoms with Gasteiger partial charge in [-0.25, -0.2) is 0 Å². The number of nitrogens with zero attached hydrogens (tertiary/aromatic N) is 2. The van der Waals surface area contributed by atoms with Gasteiger partial charge in [0.15, 0.2) is 5.96 Å². The first-order valence-electron chi connectivity index (χ1n) is 8.15. The second-order valence-electron chi connectivity index (χ2n) is 5.15. The predicted molar refractivity (Wildman–Crippen MR) is 85.4 cm³/mol. The second kappa shape index (κ2) is 10.9. The van der Waals surface area contributed by atoms with Crippen molar-refractivity contribution in [2.75, 3.05) is 45.9 Å². The quantitative estimate of drug-likeness (QED) is 0.382. The van der Waals surface area contributed by atoms with E-state index in [1.807, 2.05) is 6.92 Å². The molecule has 0 bridgehead atoms. The number of guanidine groups is 1. The molecular weight excluding hydrogens is 252 g/mol. The zero-order valence-electron chi connectivity index (χ0n) is 13.5. The van der Waals surface area contributed by atoms with E-state index in [-0.39, 0.29) is 0 Å². The van der Waals surface area contributed by atoms with E-state index in [4.69, 9.17) is 9.73 Å². The zero-order valence-corrected chi connectivity index (χ0v) is 13.5. The van der Waals surface area contributed by atoms with Crippen LogP contribution in [0.1, 0.15) is 40.0 Å². The van der Waals surface area contributed by atoms with Crippen molar-refractivity contribution >= 4 is 5.96 Å². The predicted octanol–water partition coefficient (Wildman–Crippen LogP) is 1.45. The lowest BCUT2D eigenvalue weighted by molar-refractivity contribution is 0.152. The van der Waals surface area contributed by atoms with Gasteiger partial charge in [-0.05, 0) is 46.2 Å². The second-order valence-corrected chi connectivity index (χ2v) is 5.15. The summed E-state index contributed by atoms with van der Waals surface area (Å²) in [6, 6.07) is 0.583. The molecule has 1 unspecified atom stereocenters. The Morgan fingerprint density at radius 2 is 1.95 bits per heavy atom. The fourth-order valence-electron chi connectivity index (χ4n) is 2.53. The number of likely N-dealkylation sites (tertiary alicyclic amines) is 1. The van der Waals surface area contributed by atoms with Crippen LogP contribution in [0, 0.1) is 0 Å². The highest BCUT2D eigenvalue weighted by molar-refractivity contribution is 5.79. The monoisotopic (exact) mass is 284 g/mol. The Morgan fingerprint density at radius 1 is 1.20 bits per heavy atom. The minimum atomic E-state index is 0.583. The van der Waals surface area contributed by atoms with Crippen LogP contribution in [-0.4, -0.2) is 62.8 Å². The number of hydrogen-bond donors (Lipinski definition) is 2. The van der Waals surface area contributed by atoms with Gasteiger partial charge >= 0.3 is 0 Å². The Hall–Kier alpha value is -0.810. The van der Waals surface area contributed by atoms with Gasteiger partial charge < -0.3 is 15.4 Å². The van der Waals surface area contributed by atoms with Crippen molar-refractivity contribution in [1.82, 2.24) is 15.5 Å². The molecule has 1 aliphatic rings. The summed E-state index contributed by atoms with van der Waals surface area (Å²) >= 11 is 0. The van der Waals surface area contributed by atoms with E-state index >= 15 is 0 Å². The van der Waals surface area contributed by atoms with E-state index < -0.39 is 0 Å². The Bertz CT molecular complexity index is 265. The third-order valence-electron chi connectivity index (χ3n) is 3.68. The fraction of sp³-hybridized carbons (Fsp3) is 0.933. The van der Waals surface area contributed by atoms with Gasteiger partial charge in [-0.2, -0.15) is 0 Å². The summed E-state index contributed by atoms with van der Waals surface area (Å²) in [5.41, 5.74) is 0. The SMILES string of the molecule is CCNC(=NCC(CC)N1CCCC1)NCCOCC. The van der Waals surface area contributed by atoms with Crippen LogP contribution in [0.15, 0.2) is 4.99 Å². The number of rotatable bonds is 9. The Labute approximate surface area is 124 Å². The van der Waals surface area contributed by atoms with Crippen molar-refractivity contribution in [3.8, 4) is 0 Å². The molecule has 0 amide bonds. The molecule has 1 saturated heterocycles. The Kier molecular flexibility index (Phi) is 9.41. The molecule has 5 heteroatoms. The summed E-state index contributed by atoms with van der Waals surface area (Å²) in [4.78, 5) is 7.30. The van der Waals surface area contributed by atoms with E-state index in [1.165, 1.54) is 32.4 Å². The lowest BCUT2D eigenvalue weighted by Crippen LogP contribution is -2.41. The summed E-state index contributed by atoms with van der Waals surface area (Å²) in [6.07, 6.45) is 3.85. The molecule has 20 heavy (non-hydrogen) atoms. The average molecular weight is 284 g/mol. The summed E-state index contributed by atoms with van der Waals surface area (Å²) in [5, 5.41) is 6.62. The molecule has 1 rings (SSSR count). The first-order chi connectivity index (χ1) is 9.81. The van der Waals surface area contributed by atoms with Crippen molar-refractivity contribution in [2.24, 2.45) is 4.99 Å². The van der Waals surface area contributed by atoms with Crippen LogP contribution >= 0.6 is 0 Å². The largest absolute Gasteiger partial charge is 0.380 e. The number of ether oxygens (including phenoxy) is 1. The minimum absolute atomic E-state index is 0.583. The zero-order chi connectivity index (χ0) is 14.6. The fourth-order valence-corrected chi connectivity index (χ4v) is 2.53. The molecule has 2 N–H and O–H groups in total. The highest BCUT2D eigenvalue weighted by Crippen LogP contribution is 2.14. The maximum Gasteiger partial charge on any atom is 0.191 e. The van der Waals surface area contributed by atoms with Gasteiger partial charge in [0.1, 0.15) is 0 Å². The van der Waals surface area contributed by atoms with Crippen LogP contribution in [0.3, 0.4) is 0 Å². The van der Waals surface area contributed by atoms with Crippen LogP contribution in [0.2, 0.25) is 0 Å². The van der Waals surface area contributed by atoms with Gasteiger partial charge in [-0.3, -0.25) is 9.89 Å². The van der Waals surface area contributed by atoms with Crippen molar-refractivity contribution < 1.29 is 4.74 Å². The highest BCUT2D eigenvalue weighted by Gasteiger charge is 2.19. The van der Waals surface area contributed by atoms with Crippen LogP contribution in [-0.2, 0) is 4.74 Å². The molecular formula is C15H32N4O. The maximum absolute atomic E-state index is 5.34. The van der Waals surface area contributed by atoms with E-state index in [9.17, 15) is 0 Å². The molecule has 0 radical (unpaired) electrons. The van der Waals surface area contributed by atoms with Crippen molar-refractivity contribution in [2.45, 2.75) is 46.1 Å². The standard InChI is InChI=1S/C15H32N4O/c1-4-14(19-10-7-8-11-19)13-18-15(16-5-2)17-9-12-20-6-3/h14H,4-13H2,1-3H3,(H2,16,17,18). The average Bonchev–Trinajstić information content (AvgIpc) is 2.98. The number of aliphatic imine (C=N–C) groups is 1. The van der Waals surface area contributed by atoms with Gasteiger partial charge in [-0.1, -0.05) is 6.92 Å². The van der Waals surface area contributed by atoms with E-state index in [0.29, 0.717) is 6.04 Å². The number of nitrogens with one attached hydrogen (secondary N) is 2. The Morgan fingerprint density at radius 3 is 2.55 bits per heavy atom. The van der Waals surface area contributed by atoms with E-state index in [2.05, 4.69) is 29.4 Å². The van der Waals surface area contributed by atoms with Crippen molar-refractivity contribution in [3.63, 3.8) is 0 Å². The molecule has 5 nitrogen and oxygen atoms in total. The van der Waals surface area contributed by atoms with Gasteiger partial charge in [-0.15, -0.1) is 0 Å². The molecule has 1 fully saturated rings. The smallest absolute Gasteiger partial charge is 0.191 e. The van der Waals surface area contributed by atoms with E-state index in [1.54, 1.807) is 0 Å². The topological polar surface area (TPSA) is 48.9 Å². The summed E-state index contributed by atoms with van der Waals surface area (Å²) < 4.78 is 5.34. The van der Waals surface area contributed by atoms with Gasteiger partial charge in [0.2, 0.25) is 0 Å². The molecule has 0 aliphatic carbocycles. The third-order valence-corrected chi connectivity index (χ3v) is 3.68. The molecule has 0 aromatic rings. The molecule has 1 heterocycles. The van der Waals surface area contributed by atoms with Gasteiger partial charge in [0.25, 0.3) is 0 Å². The summed E-state index contributed by atoms with van der Waals surface area (Å²) in [6.45, 7) is 12.9. The normalized spacial score (nSPS) is 18.2. The third kappa shape index (κ3) is 6.57. The first kappa shape index (κ1) is 17.2. The molecule has 118 valence electrons. The minimum Gasteiger partial charge on any atom is -0.380 e. The van der Waals surface area contributed by atoms with Crippen molar-refractivity contribution in [1.29, 1.82) is 0 Å². The van der Waals surface area contributed by atoms with Crippen LogP contribution in [0.5, 0.6) is 0 Å². The molecule has 1 atom stereocenters. The summed E-state index contributed by atoms with van der Waals surface area (Å²) in [7, 11) is 0. The number of hydrogen-bond acceptors (Lipinski definition) is 3. The summed E-state index contributed by atoms with van der Waals surface area (Å²) in [5.74, 6) is 0.907. The lowest BCUT2D eigenvalue weighted by atomic mass is 10.2. The van der Waals surface area contributed by atoms with Crippen LogP contribution in [0.4, 0.5) is 0 Å². The lowest BCUT2D eigenvalue weighted by Gasteiger charge is -2.25. The van der Waals surface area contributed by atoms with Gasteiger partial charge in [0.05, 0.1) is 13.2 Å². The molecule has 1 aliphatic heterocycles. The molecule has 0 spiro atoms. The van der Waals surface area contributed by atoms with Gasteiger partial charge in [0, 0.05) is 25.7 Å². The van der Waals surface area contributed by atoms with Crippen LogP contribution < -0.4 is 10.6 Å².